The maximum absolute atomic E-state index is 4.50. The van der Waals surface area contributed by atoms with E-state index in [1.54, 1.807) is 0 Å². The lowest BCUT2D eigenvalue weighted by molar-refractivity contribution is 0.244. The van der Waals surface area contributed by atoms with Crippen LogP contribution in [0.1, 0.15) is 30.1 Å². The molecule has 2 aromatic rings. The van der Waals surface area contributed by atoms with Crippen LogP contribution in [0.2, 0.25) is 0 Å². The molecule has 1 atom stereocenters. The molecule has 1 aliphatic rings. The van der Waals surface area contributed by atoms with Crippen molar-refractivity contribution in [1.82, 2.24) is 19.7 Å². The Morgan fingerprint density at radius 3 is 3.06 bits per heavy atom. The SMILES string of the molecule is Cn1cc(CN2CCC[C@H]2c2ccccn2)cn1. The van der Waals surface area contributed by atoms with Gasteiger partial charge in [-0.25, -0.2) is 0 Å². The van der Waals surface area contributed by atoms with Crippen LogP contribution in [0.15, 0.2) is 36.8 Å². The summed E-state index contributed by atoms with van der Waals surface area (Å²) in [7, 11) is 1.96. The van der Waals surface area contributed by atoms with Gasteiger partial charge in [0.15, 0.2) is 0 Å². The molecular formula is C14H18N4. The van der Waals surface area contributed by atoms with Crippen LogP contribution in [-0.2, 0) is 13.6 Å². The Balaban J connectivity index is 1.75. The summed E-state index contributed by atoms with van der Waals surface area (Å²) in [5, 5.41) is 4.23. The Labute approximate surface area is 107 Å². The standard InChI is InChI=1S/C14H18N4/c1-17-10-12(9-16-17)11-18-8-4-6-14(18)13-5-2-3-7-15-13/h2-3,5,7,9-10,14H,4,6,8,11H2,1H3/t14-/m0/s1. The highest BCUT2D eigenvalue weighted by atomic mass is 15.2. The Kier molecular flexibility index (Phi) is 3.11. The van der Waals surface area contributed by atoms with Crippen molar-refractivity contribution in [1.29, 1.82) is 0 Å². The van der Waals surface area contributed by atoms with E-state index in [9.17, 15) is 0 Å². The first-order chi connectivity index (χ1) is 8.83. The van der Waals surface area contributed by atoms with Gasteiger partial charge in [0.1, 0.15) is 0 Å². The van der Waals surface area contributed by atoms with Gasteiger partial charge in [-0.05, 0) is 31.5 Å². The minimum Gasteiger partial charge on any atom is -0.290 e. The van der Waals surface area contributed by atoms with Crippen LogP contribution in [0.4, 0.5) is 0 Å². The minimum atomic E-state index is 0.464. The highest BCUT2D eigenvalue weighted by Gasteiger charge is 2.26. The predicted molar refractivity (Wildman–Crippen MR) is 69.8 cm³/mol. The lowest BCUT2D eigenvalue weighted by Gasteiger charge is -2.23. The fourth-order valence-corrected chi connectivity index (χ4v) is 2.71. The molecular weight excluding hydrogens is 224 g/mol. The molecule has 94 valence electrons. The Hall–Kier alpha value is -1.68. The summed E-state index contributed by atoms with van der Waals surface area (Å²) in [6, 6.07) is 6.64. The van der Waals surface area contributed by atoms with Gasteiger partial charge in [0, 0.05) is 31.5 Å². The average Bonchev–Trinajstić information content (AvgIpc) is 3.00. The number of hydrogen-bond acceptors (Lipinski definition) is 3. The summed E-state index contributed by atoms with van der Waals surface area (Å²) in [6.07, 6.45) is 8.39. The highest BCUT2D eigenvalue weighted by molar-refractivity contribution is 5.12. The molecule has 0 unspecified atom stereocenters. The molecule has 3 rings (SSSR count). The smallest absolute Gasteiger partial charge is 0.0575 e. The van der Waals surface area contributed by atoms with E-state index in [0.717, 1.165) is 13.1 Å². The summed E-state index contributed by atoms with van der Waals surface area (Å²) >= 11 is 0. The van der Waals surface area contributed by atoms with E-state index >= 15 is 0 Å². The molecule has 18 heavy (non-hydrogen) atoms. The molecule has 1 fully saturated rings. The van der Waals surface area contributed by atoms with E-state index in [2.05, 4.69) is 33.3 Å². The van der Waals surface area contributed by atoms with Gasteiger partial charge >= 0.3 is 0 Å². The Morgan fingerprint density at radius 2 is 2.33 bits per heavy atom. The van der Waals surface area contributed by atoms with E-state index in [-0.39, 0.29) is 0 Å². The lowest BCUT2D eigenvalue weighted by atomic mass is 10.1. The normalized spacial score (nSPS) is 20.4. The summed E-state index contributed by atoms with van der Waals surface area (Å²) in [5.74, 6) is 0. The van der Waals surface area contributed by atoms with Crippen molar-refractivity contribution in [3.63, 3.8) is 0 Å². The largest absolute Gasteiger partial charge is 0.290 e. The molecule has 0 aromatic carbocycles. The van der Waals surface area contributed by atoms with E-state index in [1.165, 1.54) is 24.1 Å². The molecule has 1 saturated heterocycles. The summed E-state index contributed by atoms with van der Waals surface area (Å²) in [6.45, 7) is 2.12. The molecule has 0 N–H and O–H groups in total. The fraction of sp³-hybridized carbons (Fsp3) is 0.429. The topological polar surface area (TPSA) is 34.0 Å². The molecule has 0 bridgehead atoms. The maximum Gasteiger partial charge on any atom is 0.0575 e. The van der Waals surface area contributed by atoms with Gasteiger partial charge in [0.25, 0.3) is 0 Å². The van der Waals surface area contributed by atoms with Gasteiger partial charge in [-0.2, -0.15) is 5.10 Å². The molecule has 3 heterocycles. The average molecular weight is 242 g/mol. The van der Waals surface area contributed by atoms with Crippen LogP contribution in [0, 0.1) is 0 Å². The van der Waals surface area contributed by atoms with Crippen molar-refractivity contribution in [2.24, 2.45) is 7.05 Å². The number of aryl methyl sites for hydroxylation is 1. The molecule has 0 aliphatic carbocycles. The van der Waals surface area contributed by atoms with Gasteiger partial charge < -0.3 is 0 Å². The predicted octanol–water partition coefficient (Wildman–Crippen LogP) is 2.15. The number of pyridine rings is 1. The fourth-order valence-electron chi connectivity index (χ4n) is 2.71. The monoisotopic (exact) mass is 242 g/mol. The van der Waals surface area contributed by atoms with Gasteiger partial charge in [-0.15, -0.1) is 0 Å². The van der Waals surface area contributed by atoms with Crippen molar-refractivity contribution in [3.8, 4) is 0 Å². The van der Waals surface area contributed by atoms with Crippen LogP contribution < -0.4 is 0 Å². The third kappa shape index (κ3) is 2.29. The zero-order valence-electron chi connectivity index (χ0n) is 10.7. The molecule has 0 saturated carbocycles. The van der Waals surface area contributed by atoms with E-state index in [4.69, 9.17) is 0 Å². The second-order valence-electron chi connectivity index (χ2n) is 4.91. The second-order valence-corrected chi connectivity index (χ2v) is 4.91. The number of likely N-dealkylation sites (tertiary alicyclic amines) is 1. The van der Waals surface area contributed by atoms with Crippen LogP contribution in [0.25, 0.3) is 0 Å². The van der Waals surface area contributed by atoms with E-state index in [0.29, 0.717) is 6.04 Å². The third-order valence-corrected chi connectivity index (χ3v) is 3.54. The van der Waals surface area contributed by atoms with Gasteiger partial charge in [0.05, 0.1) is 17.9 Å². The van der Waals surface area contributed by atoms with E-state index < -0.39 is 0 Å². The number of hydrogen-bond donors (Lipinski definition) is 0. The third-order valence-electron chi connectivity index (χ3n) is 3.54. The Bertz CT molecular complexity index is 506. The molecule has 2 aromatic heterocycles. The van der Waals surface area contributed by atoms with Gasteiger partial charge in [-0.1, -0.05) is 6.07 Å². The second kappa shape index (κ2) is 4.90. The first-order valence-electron chi connectivity index (χ1n) is 6.45. The zero-order valence-corrected chi connectivity index (χ0v) is 10.7. The van der Waals surface area contributed by atoms with Crippen LogP contribution >= 0.6 is 0 Å². The van der Waals surface area contributed by atoms with Gasteiger partial charge in [-0.3, -0.25) is 14.6 Å². The molecule has 4 heteroatoms. The Morgan fingerprint density at radius 1 is 1.39 bits per heavy atom. The summed E-state index contributed by atoms with van der Waals surface area (Å²) < 4.78 is 1.86. The quantitative estimate of drug-likeness (QED) is 0.827. The van der Waals surface area contributed by atoms with Crippen molar-refractivity contribution in [2.75, 3.05) is 6.54 Å². The van der Waals surface area contributed by atoms with Gasteiger partial charge in [0.2, 0.25) is 0 Å². The first-order valence-corrected chi connectivity index (χ1v) is 6.45. The van der Waals surface area contributed by atoms with Crippen LogP contribution in [-0.4, -0.2) is 26.2 Å². The number of aromatic nitrogens is 3. The first kappa shape index (κ1) is 11.4. The van der Waals surface area contributed by atoms with E-state index in [1.807, 2.05) is 30.2 Å². The zero-order chi connectivity index (χ0) is 12.4. The number of rotatable bonds is 3. The molecule has 1 aliphatic heterocycles. The minimum absolute atomic E-state index is 0.464. The van der Waals surface area contributed by atoms with Crippen molar-refractivity contribution >= 4 is 0 Å². The number of nitrogens with zero attached hydrogens (tertiary/aromatic N) is 4. The highest BCUT2D eigenvalue weighted by Crippen LogP contribution is 2.31. The van der Waals surface area contributed by atoms with Crippen LogP contribution in [0.5, 0.6) is 0 Å². The summed E-state index contributed by atoms with van der Waals surface area (Å²) in [4.78, 5) is 6.99. The van der Waals surface area contributed by atoms with Crippen molar-refractivity contribution in [2.45, 2.75) is 25.4 Å². The molecule has 0 spiro atoms. The lowest BCUT2D eigenvalue weighted by Crippen LogP contribution is -2.23. The van der Waals surface area contributed by atoms with Crippen molar-refractivity contribution < 1.29 is 0 Å². The van der Waals surface area contributed by atoms with Crippen molar-refractivity contribution in [3.05, 3.63) is 48.0 Å². The maximum atomic E-state index is 4.50. The molecule has 4 nitrogen and oxygen atoms in total. The molecule has 0 radical (unpaired) electrons. The molecule has 0 amide bonds. The van der Waals surface area contributed by atoms with Crippen LogP contribution in [0.3, 0.4) is 0 Å². The summed E-state index contributed by atoms with van der Waals surface area (Å²) in [5.41, 5.74) is 2.47.